The molecule has 0 saturated carbocycles. The van der Waals surface area contributed by atoms with Crippen LogP contribution >= 0.6 is 23.2 Å². The third-order valence-electron chi connectivity index (χ3n) is 5.17. The molecule has 8 heteroatoms. The monoisotopic (exact) mass is 479 g/mol. The summed E-state index contributed by atoms with van der Waals surface area (Å²) < 4.78 is 0. The Kier molecular flexibility index (Phi) is 6.22. The zero-order valence-corrected chi connectivity index (χ0v) is 19.3. The molecule has 1 aliphatic heterocycles. The summed E-state index contributed by atoms with van der Waals surface area (Å²) in [5, 5.41) is 5.90. The SMILES string of the molecule is Cc1ccc(NC(=O)c2ccc(NC3=C(Cl)C(=O)N(c4cc(Cl)ccc4C)C3=O)cc2)cc1. The van der Waals surface area contributed by atoms with Crippen molar-refractivity contribution in [3.05, 3.63) is 99.2 Å². The summed E-state index contributed by atoms with van der Waals surface area (Å²) in [6, 6.07) is 18.9. The third kappa shape index (κ3) is 4.62. The standard InChI is InChI=1S/C25H19Cl2N3O3/c1-14-3-9-19(10-4-14)29-23(31)16-6-11-18(12-7-16)28-22-21(27)24(32)30(25(22)33)20-13-17(26)8-5-15(20)2/h3-13,28H,1-2H3,(H,29,31). The molecule has 1 aliphatic rings. The molecule has 0 unspecified atom stereocenters. The van der Waals surface area contributed by atoms with Gasteiger partial charge in [-0.1, -0.05) is 47.0 Å². The summed E-state index contributed by atoms with van der Waals surface area (Å²) in [5.74, 6) is -1.49. The lowest BCUT2D eigenvalue weighted by Crippen LogP contribution is -2.32. The van der Waals surface area contributed by atoms with Crippen LogP contribution in [0.15, 0.2) is 77.5 Å². The lowest BCUT2D eigenvalue weighted by molar-refractivity contribution is -0.120. The van der Waals surface area contributed by atoms with Crippen molar-refractivity contribution < 1.29 is 14.4 Å². The van der Waals surface area contributed by atoms with Gasteiger partial charge in [0.2, 0.25) is 0 Å². The number of nitrogens with zero attached hydrogens (tertiary/aromatic N) is 1. The molecule has 0 aromatic heterocycles. The van der Waals surface area contributed by atoms with Crippen molar-refractivity contribution in [3.63, 3.8) is 0 Å². The van der Waals surface area contributed by atoms with E-state index in [1.54, 1.807) is 49.4 Å². The van der Waals surface area contributed by atoms with Crippen LogP contribution < -0.4 is 15.5 Å². The molecule has 4 rings (SSSR count). The minimum atomic E-state index is -0.636. The molecule has 0 radical (unpaired) electrons. The van der Waals surface area contributed by atoms with E-state index in [1.165, 1.54) is 0 Å². The Morgan fingerprint density at radius 3 is 2.12 bits per heavy atom. The minimum absolute atomic E-state index is 0.0436. The molecule has 0 saturated heterocycles. The maximum absolute atomic E-state index is 13.0. The second-order valence-electron chi connectivity index (χ2n) is 7.59. The number of aryl methyl sites for hydroxylation is 2. The van der Waals surface area contributed by atoms with Gasteiger partial charge in [-0.05, 0) is 67.9 Å². The Bertz CT molecular complexity index is 1300. The van der Waals surface area contributed by atoms with Gasteiger partial charge in [-0.2, -0.15) is 0 Å². The lowest BCUT2D eigenvalue weighted by Gasteiger charge is -2.17. The predicted octanol–water partition coefficient (Wildman–Crippen LogP) is 5.64. The number of amides is 3. The van der Waals surface area contributed by atoms with Crippen LogP contribution in [0, 0.1) is 13.8 Å². The van der Waals surface area contributed by atoms with E-state index in [0.717, 1.165) is 10.5 Å². The van der Waals surface area contributed by atoms with Gasteiger partial charge in [0.25, 0.3) is 17.7 Å². The van der Waals surface area contributed by atoms with Crippen LogP contribution in [0.2, 0.25) is 5.02 Å². The molecule has 0 fully saturated rings. The van der Waals surface area contributed by atoms with Gasteiger partial charge in [-0.15, -0.1) is 0 Å². The normalized spacial score (nSPS) is 13.5. The van der Waals surface area contributed by atoms with Gasteiger partial charge in [0.1, 0.15) is 10.7 Å². The van der Waals surface area contributed by atoms with Crippen LogP contribution in [0.5, 0.6) is 0 Å². The Morgan fingerprint density at radius 1 is 0.818 bits per heavy atom. The zero-order valence-electron chi connectivity index (χ0n) is 17.8. The Hall–Kier alpha value is -3.61. The molecule has 6 nitrogen and oxygen atoms in total. The Labute approximate surface area is 200 Å². The van der Waals surface area contributed by atoms with E-state index in [1.807, 2.05) is 31.2 Å². The number of hydrogen-bond donors (Lipinski definition) is 2. The second-order valence-corrected chi connectivity index (χ2v) is 8.40. The topological polar surface area (TPSA) is 78.5 Å². The average Bonchev–Trinajstić information content (AvgIpc) is 3.00. The Morgan fingerprint density at radius 2 is 1.45 bits per heavy atom. The number of carbonyl (C=O) groups is 3. The molecular formula is C25H19Cl2N3O3. The van der Waals surface area contributed by atoms with Gasteiger partial charge in [0.15, 0.2) is 0 Å². The maximum atomic E-state index is 13.0. The summed E-state index contributed by atoms with van der Waals surface area (Å²) in [7, 11) is 0. The highest BCUT2D eigenvalue weighted by atomic mass is 35.5. The van der Waals surface area contributed by atoms with Crippen LogP contribution in [-0.2, 0) is 9.59 Å². The van der Waals surface area contributed by atoms with Crippen LogP contribution in [0.25, 0.3) is 0 Å². The summed E-state index contributed by atoms with van der Waals surface area (Å²) >= 11 is 12.2. The number of halogens is 2. The van der Waals surface area contributed by atoms with E-state index in [0.29, 0.717) is 33.2 Å². The average molecular weight is 480 g/mol. The van der Waals surface area contributed by atoms with E-state index < -0.39 is 11.8 Å². The number of rotatable bonds is 5. The number of imide groups is 1. The van der Waals surface area contributed by atoms with Gasteiger partial charge in [0, 0.05) is 22.0 Å². The molecular weight excluding hydrogens is 461 g/mol. The first-order chi connectivity index (χ1) is 15.7. The van der Waals surface area contributed by atoms with Crippen molar-refractivity contribution in [2.75, 3.05) is 15.5 Å². The summed E-state index contributed by atoms with van der Waals surface area (Å²) in [6.07, 6.45) is 0. The number of carbonyl (C=O) groups excluding carboxylic acids is 3. The van der Waals surface area contributed by atoms with Crippen molar-refractivity contribution in [2.45, 2.75) is 13.8 Å². The van der Waals surface area contributed by atoms with Crippen LogP contribution in [0.4, 0.5) is 17.1 Å². The molecule has 0 aliphatic carbocycles. The molecule has 3 aromatic rings. The quantitative estimate of drug-likeness (QED) is 0.463. The van der Waals surface area contributed by atoms with E-state index >= 15 is 0 Å². The molecule has 3 aromatic carbocycles. The molecule has 166 valence electrons. The van der Waals surface area contributed by atoms with Crippen molar-refractivity contribution in [3.8, 4) is 0 Å². The fourth-order valence-corrected chi connectivity index (χ4v) is 3.72. The molecule has 2 N–H and O–H groups in total. The smallest absolute Gasteiger partial charge is 0.283 e. The highest BCUT2D eigenvalue weighted by Gasteiger charge is 2.39. The van der Waals surface area contributed by atoms with Gasteiger partial charge < -0.3 is 10.6 Å². The van der Waals surface area contributed by atoms with Gasteiger partial charge in [-0.3, -0.25) is 14.4 Å². The maximum Gasteiger partial charge on any atom is 0.283 e. The zero-order chi connectivity index (χ0) is 23.7. The fraction of sp³-hybridized carbons (Fsp3) is 0.0800. The molecule has 3 amide bonds. The molecule has 0 bridgehead atoms. The lowest BCUT2D eigenvalue weighted by atomic mass is 10.1. The first kappa shape index (κ1) is 22.6. The van der Waals surface area contributed by atoms with Crippen molar-refractivity contribution in [2.24, 2.45) is 0 Å². The van der Waals surface area contributed by atoms with Crippen molar-refractivity contribution >= 4 is 58.0 Å². The Balaban J connectivity index is 1.50. The molecule has 0 atom stereocenters. The number of benzene rings is 3. The summed E-state index contributed by atoms with van der Waals surface area (Å²) in [5.41, 5.74) is 3.76. The molecule has 0 spiro atoms. The van der Waals surface area contributed by atoms with Crippen LogP contribution in [-0.4, -0.2) is 17.7 Å². The van der Waals surface area contributed by atoms with Crippen molar-refractivity contribution in [1.82, 2.24) is 0 Å². The molecule has 1 heterocycles. The third-order valence-corrected chi connectivity index (χ3v) is 5.75. The molecule has 33 heavy (non-hydrogen) atoms. The predicted molar refractivity (Wildman–Crippen MR) is 131 cm³/mol. The highest BCUT2D eigenvalue weighted by Crippen LogP contribution is 2.33. The number of anilines is 3. The number of hydrogen-bond acceptors (Lipinski definition) is 4. The van der Waals surface area contributed by atoms with E-state index in [9.17, 15) is 14.4 Å². The first-order valence-electron chi connectivity index (χ1n) is 10.0. The van der Waals surface area contributed by atoms with E-state index in [4.69, 9.17) is 23.2 Å². The first-order valence-corrected chi connectivity index (χ1v) is 10.8. The minimum Gasteiger partial charge on any atom is -0.350 e. The fourth-order valence-electron chi connectivity index (χ4n) is 3.34. The van der Waals surface area contributed by atoms with Crippen molar-refractivity contribution in [1.29, 1.82) is 0 Å². The highest BCUT2D eigenvalue weighted by molar-refractivity contribution is 6.53. The van der Waals surface area contributed by atoms with Gasteiger partial charge >= 0.3 is 0 Å². The van der Waals surface area contributed by atoms with E-state index in [2.05, 4.69) is 10.6 Å². The van der Waals surface area contributed by atoms with Gasteiger partial charge in [0.05, 0.1) is 5.69 Å². The number of nitrogens with one attached hydrogen (secondary N) is 2. The second kappa shape index (κ2) is 9.10. The largest absolute Gasteiger partial charge is 0.350 e. The van der Waals surface area contributed by atoms with E-state index in [-0.39, 0.29) is 16.6 Å². The van der Waals surface area contributed by atoms with Crippen LogP contribution in [0.1, 0.15) is 21.5 Å². The summed E-state index contributed by atoms with van der Waals surface area (Å²) in [6.45, 7) is 3.74. The van der Waals surface area contributed by atoms with Crippen LogP contribution in [0.3, 0.4) is 0 Å². The van der Waals surface area contributed by atoms with Gasteiger partial charge in [-0.25, -0.2) is 4.90 Å². The summed E-state index contributed by atoms with van der Waals surface area (Å²) in [4.78, 5) is 39.2.